The number of carbonyl (C=O) groups is 1. The van der Waals surface area contributed by atoms with E-state index in [1.807, 2.05) is 12.1 Å². The van der Waals surface area contributed by atoms with Gasteiger partial charge >= 0.3 is 0 Å². The van der Waals surface area contributed by atoms with Gasteiger partial charge in [-0.1, -0.05) is 13.8 Å². The zero-order valence-electron chi connectivity index (χ0n) is 15.3. The van der Waals surface area contributed by atoms with Crippen LogP contribution in [0, 0.1) is 19.8 Å². The van der Waals surface area contributed by atoms with Crippen LogP contribution >= 0.6 is 0 Å². The second-order valence-corrected chi connectivity index (χ2v) is 6.14. The largest absolute Gasteiger partial charge is 0.493 e. The molecule has 6 nitrogen and oxygen atoms in total. The van der Waals surface area contributed by atoms with Gasteiger partial charge in [0.25, 0.3) is 5.91 Å². The molecule has 0 fully saturated rings. The molecule has 0 saturated carbocycles. The number of nitrogens with one attached hydrogen (secondary N) is 1. The van der Waals surface area contributed by atoms with Crippen molar-refractivity contribution in [3.8, 4) is 11.5 Å². The van der Waals surface area contributed by atoms with Gasteiger partial charge in [-0.3, -0.25) is 4.79 Å². The second-order valence-electron chi connectivity index (χ2n) is 6.14. The quantitative estimate of drug-likeness (QED) is 0.614. The Labute approximate surface area is 147 Å². The molecular weight excluding hydrogens is 320 g/mol. The van der Waals surface area contributed by atoms with Crippen LogP contribution in [0.2, 0.25) is 0 Å². The average molecular weight is 344 g/mol. The molecule has 0 bridgehead atoms. The minimum atomic E-state index is -0.311. The Morgan fingerprint density at radius 2 is 2.04 bits per heavy atom. The van der Waals surface area contributed by atoms with Crippen LogP contribution in [0.4, 0.5) is 0 Å². The number of hydrazone groups is 1. The number of aryl methyl sites for hydroxylation is 2. The molecule has 0 radical (unpaired) electrons. The molecule has 1 N–H and O–H groups in total. The summed E-state index contributed by atoms with van der Waals surface area (Å²) in [6.45, 7) is 8.32. The molecule has 1 aromatic carbocycles. The van der Waals surface area contributed by atoms with Crippen LogP contribution in [0.5, 0.6) is 11.5 Å². The van der Waals surface area contributed by atoms with Gasteiger partial charge in [-0.25, -0.2) is 5.43 Å². The molecule has 0 aliphatic heterocycles. The Morgan fingerprint density at radius 3 is 2.64 bits per heavy atom. The normalized spacial score (nSPS) is 11.1. The summed E-state index contributed by atoms with van der Waals surface area (Å²) >= 11 is 0. The van der Waals surface area contributed by atoms with Crippen molar-refractivity contribution >= 4 is 12.1 Å². The highest BCUT2D eigenvalue weighted by Gasteiger charge is 2.12. The highest BCUT2D eigenvalue weighted by molar-refractivity contribution is 5.95. The van der Waals surface area contributed by atoms with Crippen LogP contribution in [0.3, 0.4) is 0 Å². The summed E-state index contributed by atoms with van der Waals surface area (Å²) in [4.78, 5) is 12.1. The van der Waals surface area contributed by atoms with Crippen molar-refractivity contribution in [3.63, 3.8) is 0 Å². The molecule has 0 aliphatic rings. The number of methoxy groups -OCH3 is 1. The van der Waals surface area contributed by atoms with E-state index in [-0.39, 0.29) is 5.91 Å². The van der Waals surface area contributed by atoms with Gasteiger partial charge in [-0.2, -0.15) is 5.10 Å². The van der Waals surface area contributed by atoms with E-state index in [0.29, 0.717) is 41.1 Å². The van der Waals surface area contributed by atoms with Gasteiger partial charge < -0.3 is 13.9 Å². The first kappa shape index (κ1) is 18.6. The van der Waals surface area contributed by atoms with Crippen molar-refractivity contribution < 1.29 is 18.7 Å². The summed E-state index contributed by atoms with van der Waals surface area (Å²) in [5.41, 5.74) is 3.76. The predicted molar refractivity (Wildman–Crippen MR) is 96.6 cm³/mol. The van der Waals surface area contributed by atoms with E-state index < -0.39 is 0 Å². The van der Waals surface area contributed by atoms with Crippen LogP contribution in [0.25, 0.3) is 0 Å². The highest BCUT2D eigenvalue weighted by atomic mass is 16.5. The molecule has 2 rings (SSSR count). The molecule has 1 aromatic heterocycles. The van der Waals surface area contributed by atoms with Crippen molar-refractivity contribution in [2.45, 2.75) is 27.7 Å². The topological polar surface area (TPSA) is 73.1 Å². The molecule has 6 heteroatoms. The molecule has 0 saturated heterocycles. The smallest absolute Gasteiger partial charge is 0.274 e. The van der Waals surface area contributed by atoms with Gasteiger partial charge in [0.15, 0.2) is 11.5 Å². The number of amides is 1. The molecule has 134 valence electrons. The lowest BCUT2D eigenvalue weighted by Crippen LogP contribution is -2.17. The van der Waals surface area contributed by atoms with Crippen LogP contribution < -0.4 is 14.9 Å². The van der Waals surface area contributed by atoms with Crippen LogP contribution in [0.1, 0.15) is 41.3 Å². The van der Waals surface area contributed by atoms with Gasteiger partial charge in [0.05, 0.1) is 25.5 Å². The monoisotopic (exact) mass is 344 g/mol. The maximum absolute atomic E-state index is 12.1. The van der Waals surface area contributed by atoms with Gasteiger partial charge in [-0.05, 0) is 49.6 Å². The molecular formula is C19H24N2O4. The number of carbonyl (C=O) groups excluding carboxylic acids is 1. The summed E-state index contributed by atoms with van der Waals surface area (Å²) in [5, 5.41) is 3.98. The summed E-state index contributed by atoms with van der Waals surface area (Å²) < 4.78 is 16.4. The van der Waals surface area contributed by atoms with Gasteiger partial charge in [-0.15, -0.1) is 0 Å². The number of ether oxygens (including phenoxy) is 2. The summed E-state index contributed by atoms with van der Waals surface area (Å²) in [6, 6.07) is 7.16. The molecule has 1 heterocycles. The molecule has 0 aliphatic carbocycles. The van der Waals surface area contributed by atoms with E-state index in [0.717, 1.165) is 5.56 Å². The standard InChI is InChI=1S/C19H24N2O4/c1-12(2)11-24-17-7-6-15(9-18(17)23-5)10-20-21-19(22)16-8-13(3)25-14(16)4/h6-10,12H,11H2,1-5H3,(H,21,22)/b20-10-. The lowest BCUT2D eigenvalue weighted by atomic mass is 10.2. The van der Waals surface area contributed by atoms with Crippen LogP contribution in [0.15, 0.2) is 33.8 Å². The third-order valence-electron chi connectivity index (χ3n) is 3.43. The lowest BCUT2D eigenvalue weighted by molar-refractivity contribution is 0.0953. The molecule has 2 aromatic rings. The Bertz CT molecular complexity index is 763. The Balaban J connectivity index is 2.03. The maximum atomic E-state index is 12.1. The third-order valence-corrected chi connectivity index (χ3v) is 3.43. The van der Waals surface area contributed by atoms with Gasteiger partial charge in [0, 0.05) is 0 Å². The van der Waals surface area contributed by atoms with E-state index in [9.17, 15) is 4.79 Å². The average Bonchev–Trinajstić information content (AvgIpc) is 2.91. The van der Waals surface area contributed by atoms with Crippen LogP contribution in [-0.4, -0.2) is 25.8 Å². The molecule has 25 heavy (non-hydrogen) atoms. The predicted octanol–water partition coefficient (Wildman–Crippen LogP) is 3.70. The Kier molecular flexibility index (Phi) is 6.22. The van der Waals surface area contributed by atoms with E-state index in [1.165, 1.54) is 0 Å². The lowest BCUT2D eigenvalue weighted by Gasteiger charge is -2.12. The van der Waals surface area contributed by atoms with Crippen molar-refractivity contribution in [1.29, 1.82) is 0 Å². The fourth-order valence-electron chi connectivity index (χ4n) is 2.22. The number of hydrogen-bond donors (Lipinski definition) is 1. The van der Waals surface area contributed by atoms with Crippen molar-refractivity contribution in [2.24, 2.45) is 11.0 Å². The fourth-order valence-corrected chi connectivity index (χ4v) is 2.22. The number of furan rings is 1. The van der Waals surface area contributed by atoms with Gasteiger partial charge in [0.1, 0.15) is 11.5 Å². The number of benzene rings is 1. The minimum absolute atomic E-state index is 0.311. The number of rotatable bonds is 7. The first-order chi connectivity index (χ1) is 11.9. The molecule has 0 spiro atoms. The van der Waals surface area contributed by atoms with Gasteiger partial charge in [0.2, 0.25) is 0 Å². The van der Waals surface area contributed by atoms with E-state index in [1.54, 1.807) is 39.3 Å². The van der Waals surface area contributed by atoms with E-state index in [4.69, 9.17) is 13.9 Å². The second kappa shape index (κ2) is 8.37. The molecule has 0 unspecified atom stereocenters. The zero-order valence-corrected chi connectivity index (χ0v) is 15.3. The van der Waals surface area contributed by atoms with Crippen molar-refractivity contribution in [2.75, 3.05) is 13.7 Å². The summed E-state index contributed by atoms with van der Waals surface area (Å²) in [6.07, 6.45) is 1.55. The SMILES string of the molecule is COc1cc(/C=N\NC(=O)c2cc(C)oc2C)ccc1OCC(C)C. The summed E-state index contributed by atoms with van der Waals surface area (Å²) in [5.74, 6) is 2.68. The maximum Gasteiger partial charge on any atom is 0.274 e. The highest BCUT2D eigenvalue weighted by Crippen LogP contribution is 2.28. The third kappa shape index (κ3) is 5.11. The molecule has 0 atom stereocenters. The van der Waals surface area contributed by atoms with Crippen molar-refractivity contribution in [1.82, 2.24) is 5.43 Å². The number of hydrogen-bond acceptors (Lipinski definition) is 5. The fraction of sp³-hybridized carbons (Fsp3) is 0.368. The Morgan fingerprint density at radius 1 is 1.28 bits per heavy atom. The zero-order chi connectivity index (χ0) is 18.4. The summed E-state index contributed by atoms with van der Waals surface area (Å²) in [7, 11) is 1.59. The van der Waals surface area contributed by atoms with E-state index in [2.05, 4.69) is 24.4 Å². The molecule has 1 amide bonds. The Hall–Kier alpha value is -2.76. The van der Waals surface area contributed by atoms with Crippen LogP contribution in [-0.2, 0) is 0 Å². The first-order valence-corrected chi connectivity index (χ1v) is 8.12. The van der Waals surface area contributed by atoms with E-state index >= 15 is 0 Å². The van der Waals surface area contributed by atoms with Crippen molar-refractivity contribution in [3.05, 3.63) is 46.9 Å². The minimum Gasteiger partial charge on any atom is -0.493 e. The first-order valence-electron chi connectivity index (χ1n) is 8.12. The number of nitrogens with zero attached hydrogens (tertiary/aromatic N) is 1.